The zero-order valence-corrected chi connectivity index (χ0v) is 14.4. The average molecular weight is 349 g/mol. The van der Waals surface area contributed by atoms with Gasteiger partial charge in [0.2, 0.25) is 0 Å². The molecule has 4 rings (SSSR count). The van der Waals surface area contributed by atoms with Gasteiger partial charge in [0.25, 0.3) is 5.91 Å². The van der Waals surface area contributed by atoms with E-state index in [0.29, 0.717) is 24.9 Å². The number of pyridine rings is 1. The van der Waals surface area contributed by atoms with Crippen LogP contribution in [0.1, 0.15) is 28.5 Å². The molecule has 132 valence electrons. The van der Waals surface area contributed by atoms with Gasteiger partial charge in [0.05, 0.1) is 11.3 Å². The van der Waals surface area contributed by atoms with Crippen LogP contribution in [0.4, 0.5) is 0 Å². The highest BCUT2D eigenvalue weighted by Gasteiger charge is 2.42. The molecule has 1 atom stereocenters. The van der Waals surface area contributed by atoms with Crippen molar-refractivity contribution in [2.45, 2.75) is 25.4 Å². The lowest BCUT2D eigenvalue weighted by Gasteiger charge is -2.33. The van der Waals surface area contributed by atoms with Crippen LogP contribution < -0.4 is 5.32 Å². The monoisotopic (exact) mass is 349 g/mol. The van der Waals surface area contributed by atoms with E-state index < -0.39 is 11.6 Å². The third-order valence-electron chi connectivity index (χ3n) is 4.64. The molecule has 3 aromatic rings. The maximum atomic E-state index is 12.6. The van der Waals surface area contributed by atoms with E-state index in [-0.39, 0.29) is 5.91 Å². The van der Waals surface area contributed by atoms with E-state index in [2.05, 4.69) is 10.3 Å². The Morgan fingerprint density at radius 3 is 2.92 bits per heavy atom. The number of hydrogen-bond acceptors (Lipinski definition) is 4. The predicted molar refractivity (Wildman–Crippen MR) is 95.9 cm³/mol. The molecule has 1 aliphatic heterocycles. The molecular formula is C20H19N3O3. The molecule has 0 aliphatic carbocycles. The second-order valence-corrected chi connectivity index (χ2v) is 6.66. The van der Waals surface area contributed by atoms with Crippen LogP contribution in [0.3, 0.4) is 0 Å². The maximum absolute atomic E-state index is 12.6. The van der Waals surface area contributed by atoms with Crippen LogP contribution in [0.25, 0.3) is 5.65 Å². The third kappa shape index (κ3) is 2.94. The van der Waals surface area contributed by atoms with Crippen LogP contribution in [-0.4, -0.2) is 33.4 Å². The van der Waals surface area contributed by atoms with E-state index in [1.165, 1.54) is 0 Å². The molecule has 0 radical (unpaired) electrons. The molecule has 6 nitrogen and oxygen atoms in total. The van der Waals surface area contributed by atoms with Gasteiger partial charge in [0.15, 0.2) is 5.60 Å². The second kappa shape index (κ2) is 6.29. The van der Waals surface area contributed by atoms with E-state index in [4.69, 9.17) is 4.74 Å². The summed E-state index contributed by atoms with van der Waals surface area (Å²) in [5.41, 5.74) is 1.94. The van der Waals surface area contributed by atoms with Gasteiger partial charge in [-0.05, 0) is 30.7 Å². The van der Waals surface area contributed by atoms with Crippen molar-refractivity contribution in [3.05, 3.63) is 71.7 Å². The van der Waals surface area contributed by atoms with Crippen LogP contribution in [0.2, 0.25) is 0 Å². The van der Waals surface area contributed by atoms with E-state index in [1.807, 2.05) is 47.1 Å². The van der Waals surface area contributed by atoms with Crippen molar-refractivity contribution in [1.82, 2.24) is 14.7 Å². The summed E-state index contributed by atoms with van der Waals surface area (Å²) < 4.78 is 7.38. The Hall–Kier alpha value is -3.15. The van der Waals surface area contributed by atoms with Crippen LogP contribution >= 0.6 is 0 Å². The standard InChI is InChI=1S/C20H19N3O3/c1-20(12-14-6-2-3-7-16(14)18(24)26-20)19(25)21-10-9-15-13-23-11-5-4-8-17(23)22-15/h2-8,11,13H,9-10,12H2,1H3,(H,21,25). The largest absolute Gasteiger partial charge is 0.445 e. The summed E-state index contributed by atoms with van der Waals surface area (Å²) in [6, 6.07) is 13.0. The first-order valence-corrected chi connectivity index (χ1v) is 8.57. The minimum absolute atomic E-state index is 0.288. The smallest absolute Gasteiger partial charge is 0.339 e. The molecule has 1 amide bonds. The topological polar surface area (TPSA) is 72.7 Å². The van der Waals surface area contributed by atoms with Crippen LogP contribution in [0.15, 0.2) is 54.9 Å². The summed E-state index contributed by atoms with van der Waals surface area (Å²) in [5, 5.41) is 2.87. The minimum Gasteiger partial charge on any atom is -0.445 e. The number of hydrogen-bond donors (Lipinski definition) is 1. The molecule has 0 bridgehead atoms. The van der Waals surface area contributed by atoms with Crippen LogP contribution in [0.5, 0.6) is 0 Å². The number of cyclic esters (lactones) is 1. The van der Waals surface area contributed by atoms with Gasteiger partial charge in [0.1, 0.15) is 5.65 Å². The number of carbonyl (C=O) groups is 2. The second-order valence-electron chi connectivity index (χ2n) is 6.66. The van der Waals surface area contributed by atoms with Crippen molar-refractivity contribution in [3.8, 4) is 0 Å². The Kier molecular flexibility index (Phi) is 3.95. The lowest BCUT2D eigenvalue weighted by molar-refractivity contribution is -0.139. The Labute approximate surface area is 150 Å². The number of rotatable bonds is 4. The summed E-state index contributed by atoms with van der Waals surface area (Å²) >= 11 is 0. The zero-order valence-electron chi connectivity index (χ0n) is 14.4. The summed E-state index contributed by atoms with van der Waals surface area (Å²) in [6.45, 7) is 2.08. The highest BCUT2D eigenvalue weighted by molar-refractivity contribution is 5.97. The fourth-order valence-electron chi connectivity index (χ4n) is 3.26. The Morgan fingerprint density at radius 2 is 2.08 bits per heavy atom. The number of fused-ring (bicyclic) bond motifs is 2. The van der Waals surface area contributed by atoms with E-state index in [1.54, 1.807) is 19.1 Å². The molecule has 0 fully saturated rings. The van der Waals surface area contributed by atoms with Gasteiger partial charge in [0, 0.05) is 31.8 Å². The molecule has 3 heterocycles. The summed E-state index contributed by atoms with van der Waals surface area (Å²) in [7, 11) is 0. The SMILES string of the molecule is CC1(C(=O)NCCc2cn3ccccc3n2)Cc2ccccc2C(=O)O1. The molecule has 1 unspecified atom stereocenters. The molecule has 6 heteroatoms. The number of benzene rings is 1. The first-order valence-electron chi connectivity index (χ1n) is 8.57. The number of aromatic nitrogens is 2. The highest BCUT2D eigenvalue weighted by atomic mass is 16.6. The van der Waals surface area contributed by atoms with Crippen molar-refractivity contribution in [1.29, 1.82) is 0 Å². The van der Waals surface area contributed by atoms with Gasteiger partial charge in [-0.25, -0.2) is 9.78 Å². The number of nitrogens with zero attached hydrogens (tertiary/aromatic N) is 2. The highest BCUT2D eigenvalue weighted by Crippen LogP contribution is 2.28. The van der Waals surface area contributed by atoms with E-state index in [9.17, 15) is 9.59 Å². The number of ether oxygens (including phenoxy) is 1. The molecule has 2 aromatic heterocycles. The lowest BCUT2D eigenvalue weighted by Crippen LogP contribution is -2.52. The summed E-state index contributed by atoms with van der Waals surface area (Å²) in [6.07, 6.45) is 4.85. The first kappa shape index (κ1) is 16.3. The number of carbonyl (C=O) groups excluding carboxylic acids is 2. The van der Waals surface area contributed by atoms with Crippen molar-refractivity contribution in [3.63, 3.8) is 0 Å². The fourth-order valence-corrected chi connectivity index (χ4v) is 3.26. The zero-order chi connectivity index (χ0) is 18.1. The maximum Gasteiger partial charge on any atom is 0.339 e. The molecule has 0 saturated carbocycles. The molecule has 0 saturated heterocycles. The Balaban J connectivity index is 1.41. The molecule has 1 aromatic carbocycles. The Bertz CT molecular complexity index is 962. The van der Waals surface area contributed by atoms with Crippen LogP contribution in [0, 0.1) is 0 Å². The lowest BCUT2D eigenvalue weighted by atomic mass is 9.89. The number of amides is 1. The van der Waals surface area contributed by atoms with Gasteiger partial charge in [-0.3, -0.25) is 4.79 Å². The number of esters is 1. The first-order chi connectivity index (χ1) is 12.5. The molecule has 26 heavy (non-hydrogen) atoms. The van der Waals surface area contributed by atoms with Crippen LogP contribution in [-0.2, 0) is 22.4 Å². The molecule has 1 aliphatic rings. The number of imidazole rings is 1. The van der Waals surface area contributed by atoms with Crippen molar-refractivity contribution in [2.75, 3.05) is 6.54 Å². The van der Waals surface area contributed by atoms with Gasteiger partial charge in [-0.1, -0.05) is 24.3 Å². The van der Waals surface area contributed by atoms with Gasteiger partial charge in [-0.15, -0.1) is 0 Å². The summed E-state index contributed by atoms with van der Waals surface area (Å²) in [4.78, 5) is 29.3. The van der Waals surface area contributed by atoms with Gasteiger partial charge in [-0.2, -0.15) is 0 Å². The normalized spacial score (nSPS) is 19.0. The van der Waals surface area contributed by atoms with Crippen molar-refractivity contribution < 1.29 is 14.3 Å². The molecular weight excluding hydrogens is 330 g/mol. The van der Waals surface area contributed by atoms with Gasteiger partial charge < -0.3 is 14.5 Å². The molecule has 1 N–H and O–H groups in total. The van der Waals surface area contributed by atoms with Crippen molar-refractivity contribution in [2.24, 2.45) is 0 Å². The fraction of sp³-hybridized carbons (Fsp3) is 0.250. The van der Waals surface area contributed by atoms with E-state index >= 15 is 0 Å². The summed E-state index contributed by atoms with van der Waals surface area (Å²) in [5.74, 6) is -0.742. The van der Waals surface area contributed by atoms with E-state index in [0.717, 1.165) is 16.9 Å². The van der Waals surface area contributed by atoms with Gasteiger partial charge >= 0.3 is 5.97 Å². The predicted octanol–water partition coefficient (Wildman–Crippen LogP) is 2.16. The average Bonchev–Trinajstić information content (AvgIpc) is 3.04. The quantitative estimate of drug-likeness (QED) is 0.733. The Morgan fingerprint density at radius 1 is 1.27 bits per heavy atom. The molecule has 0 spiro atoms. The third-order valence-corrected chi connectivity index (χ3v) is 4.64. The number of nitrogens with one attached hydrogen (secondary N) is 1. The van der Waals surface area contributed by atoms with Crippen molar-refractivity contribution >= 4 is 17.5 Å². The minimum atomic E-state index is -1.19.